The Hall–Kier alpha value is -3.46. The second-order valence-electron chi connectivity index (χ2n) is 10.6. The third kappa shape index (κ3) is 7.52. The van der Waals surface area contributed by atoms with Gasteiger partial charge in [0.2, 0.25) is 5.91 Å². The monoisotopic (exact) mass is 496 g/mol. The first kappa shape index (κ1) is 27.1. The summed E-state index contributed by atoms with van der Waals surface area (Å²) in [5, 5.41) is 13.8. The van der Waals surface area contributed by atoms with Gasteiger partial charge < -0.3 is 19.9 Å². The fraction of sp³-hybridized carbons (Fsp3) is 0.481. The van der Waals surface area contributed by atoms with Gasteiger partial charge in [-0.05, 0) is 54.2 Å². The van der Waals surface area contributed by atoms with Gasteiger partial charge in [-0.1, -0.05) is 20.8 Å². The van der Waals surface area contributed by atoms with E-state index < -0.39 is 4.92 Å². The number of anilines is 2. The molecular formula is C27H36N4O5. The van der Waals surface area contributed by atoms with E-state index in [1.807, 2.05) is 42.1 Å². The van der Waals surface area contributed by atoms with E-state index in [2.05, 4.69) is 26.1 Å². The first-order chi connectivity index (χ1) is 16.9. The van der Waals surface area contributed by atoms with Crippen molar-refractivity contribution >= 4 is 28.9 Å². The number of nitro benzene ring substituents is 1. The fourth-order valence-electron chi connectivity index (χ4n) is 4.22. The number of nitro groups is 1. The Labute approximate surface area is 212 Å². The predicted octanol–water partition coefficient (Wildman–Crippen LogP) is 4.86. The molecule has 0 spiro atoms. The first-order valence-electron chi connectivity index (χ1n) is 12.2. The van der Waals surface area contributed by atoms with Crippen LogP contribution in [0.2, 0.25) is 0 Å². The Morgan fingerprint density at radius 1 is 1.14 bits per heavy atom. The van der Waals surface area contributed by atoms with Gasteiger partial charge in [0.1, 0.15) is 0 Å². The Bertz CT molecular complexity index is 1090. The molecule has 9 heteroatoms. The van der Waals surface area contributed by atoms with Gasteiger partial charge >= 0.3 is 0 Å². The van der Waals surface area contributed by atoms with Crippen LogP contribution < -0.4 is 10.2 Å². The van der Waals surface area contributed by atoms with Crippen molar-refractivity contribution in [3.05, 3.63) is 63.7 Å². The number of ether oxygens (including phenoxy) is 1. The van der Waals surface area contributed by atoms with Gasteiger partial charge in [0.05, 0.1) is 11.0 Å². The van der Waals surface area contributed by atoms with Crippen LogP contribution in [0.15, 0.2) is 42.5 Å². The van der Waals surface area contributed by atoms with Crippen molar-refractivity contribution in [1.29, 1.82) is 0 Å². The standard InChI is InChI=1S/C27H36N4O5/c1-27(2,3)16-25(32)30(18-23-7-6-14-36-23)17-20-15-21(10-13-24(20)29(4)5)28-26(33)19-8-11-22(12-9-19)31(34)35/h8-13,15,23H,6-7,14,16-18H2,1-5H3,(H,28,33). The number of hydrogen-bond acceptors (Lipinski definition) is 6. The van der Waals surface area contributed by atoms with Crippen LogP contribution in [0.25, 0.3) is 0 Å². The molecule has 1 unspecified atom stereocenters. The summed E-state index contributed by atoms with van der Waals surface area (Å²) < 4.78 is 5.82. The van der Waals surface area contributed by atoms with Gasteiger partial charge in [0.25, 0.3) is 11.6 Å². The molecule has 0 radical (unpaired) electrons. The highest BCUT2D eigenvalue weighted by Gasteiger charge is 2.27. The molecule has 0 bridgehead atoms. The summed E-state index contributed by atoms with van der Waals surface area (Å²) in [6.45, 7) is 7.79. The SMILES string of the molecule is CN(C)c1ccc(NC(=O)c2ccc([N+](=O)[O-])cc2)cc1CN(CC1CCCO1)C(=O)CC(C)(C)C. The highest BCUT2D eigenvalue weighted by Crippen LogP contribution is 2.28. The van der Waals surface area contributed by atoms with E-state index in [1.165, 1.54) is 24.3 Å². The quantitative estimate of drug-likeness (QED) is 0.393. The minimum Gasteiger partial charge on any atom is -0.377 e. The zero-order chi connectivity index (χ0) is 26.5. The molecule has 2 amide bonds. The van der Waals surface area contributed by atoms with Gasteiger partial charge in [-0.25, -0.2) is 0 Å². The molecular weight excluding hydrogens is 460 g/mol. The van der Waals surface area contributed by atoms with Crippen molar-refractivity contribution in [1.82, 2.24) is 4.90 Å². The van der Waals surface area contributed by atoms with Crippen LogP contribution in [-0.4, -0.2) is 55.0 Å². The van der Waals surface area contributed by atoms with E-state index in [-0.39, 0.29) is 29.0 Å². The maximum absolute atomic E-state index is 13.3. The van der Waals surface area contributed by atoms with Crippen molar-refractivity contribution in [2.75, 3.05) is 37.5 Å². The van der Waals surface area contributed by atoms with Gasteiger partial charge in [-0.3, -0.25) is 19.7 Å². The highest BCUT2D eigenvalue weighted by molar-refractivity contribution is 6.04. The van der Waals surface area contributed by atoms with Crippen LogP contribution in [0.4, 0.5) is 17.1 Å². The second kappa shape index (κ2) is 11.5. The Balaban J connectivity index is 1.84. The van der Waals surface area contributed by atoms with Crippen LogP contribution in [0, 0.1) is 15.5 Å². The van der Waals surface area contributed by atoms with Crippen molar-refractivity contribution < 1.29 is 19.2 Å². The lowest BCUT2D eigenvalue weighted by Crippen LogP contribution is -2.38. The van der Waals surface area contributed by atoms with E-state index >= 15 is 0 Å². The zero-order valence-corrected chi connectivity index (χ0v) is 21.7. The maximum Gasteiger partial charge on any atom is 0.269 e. The second-order valence-corrected chi connectivity index (χ2v) is 10.6. The normalized spacial score (nSPS) is 15.4. The third-order valence-corrected chi connectivity index (χ3v) is 6.00. The Kier molecular flexibility index (Phi) is 8.68. The molecule has 1 fully saturated rings. The number of amides is 2. The van der Waals surface area contributed by atoms with Crippen LogP contribution in [-0.2, 0) is 16.1 Å². The molecule has 1 aliphatic rings. The average Bonchev–Trinajstić information content (AvgIpc) is 3.30. The fourth-order valence-corrected chi connectivity index (χ4v) is 4.22. The molecule has 3 rings (SSSR count). The van der Waals surface area contributed by atoms with E-state index in [4.69, 9.17) is 4.74 Å². The van der Waals surface area contributed by atoms with Crippen molar-refractivity contribution in [3.63, 3.8) is 0 Å². The number of hydrogen-bond donors (Lipinski definition) is 1. The molecule has 1 atom stereocenters. The lowest BCUT2D eigenvalue weighted by atomic mass is 9.91. The molecule has 0 aliphatic carbocycles. The number of non-ortho nitro benzene ring substituents is 1. The number of rotatable bonds is 9. The Morgan fingerprint density at radius 3 is 2.39 bits per heavy atom. The van der Waals surface area contributed by atoms with E-state index in [0.29, 0.717) is 30.8 Å². The molecule has 1 N–H and O–H groups in total. The number of nitrogens with one attached hydrogen (secondary N) is 1. The van der Waals surface area contributed by atoms with E-state index in [1.54, 1.807) is 0 Å². The van der Waals surface area contributed by atoms with Crippen molar-refractivity contribution in [3.8, 4) is 0 Å². The van der Waals surface area contributed by atoms with E-state index in [0.717, 1.165) is 30.7 Å². The van der Waals surface area contributed by atoms with Crippen molar-refractivity contribution in [2.24, 2.45) is 5.41 Å². The molecule has 0 saturated carbocycles. The Morgan fingerprint density at radius 2 is 1.83 bits per heavy atom. The zero-order valence-electron chi connectivity index (χ0n) is 21.7. The molecule has 2 aromatic rings. The minimum absolute atomic E-state index is 0.0294. The summed E-state index contributed by atoms with van der Waals surface area (Å²) in [5.74, 6) is -0.295. The number of carbonyl (C=O) groups excluding carboxylic acids is 2. The van der Waals surface area contributed by atoms with Gasteiger partial charge in [-0.2, -0.15) is 0 Å². The largest absolute Gasteiger partial charge is 0.377 e. The molecule has 1 aliphatic heterocycles. The van der Waals surface area contributed by atoms with Crippen molar-refractivity contribution in [2.45, 2.75) is 52.7 Å². The molecule has 194 valence electrons. The highest BCUT2D eigenvalue weighted by atomic mass is 16.6. The van der Waals surface area contributed by atoms with Crippen LogP contribution in [0.3, 0.4) is 0 Å². The molecule has 36 heavy (non-hydrogen) atoms. The number of benzene rings is 2. The summed E-state index contributed by atoms with van der Waals surface area (Å²) in [5.41, 5.74) is 2.54. The summed E-state index contributed by atoms with van der Waals surface area (Å²) in [7, 11) is 3.88. The summed E-state index contributed by atoms with van der Waals surface area (Å²) in [6, 6.07) is 11.1. The van der Waals surface area contributed by atoms with Crippen LogP contribution >= 0.6 is 0 Å². The van der Waals surface area contributed by atoms with Gasteiger partial charge in [-0.15, -0.1) is 0 Å². The van der Waals surface area contributed by atoms with Crippen LogP contribution in [0.5, 0.6) is 0 Å². The molecule has 1 heterocycles. The lowest BCUT2D eigenvalue weighted by molar-refractivity contribution is -0.384. The summed E-state index contributed by atoms with van der Waals surface area (Å²) >= 11 is 0. The molecule has 9 nitrogen and oxygen atoms in total. The average molecular weight is 497 g/mol. The topological polar surface area (TPSA) is 105 Å². The third-order valence-electron chi connectivity index (χ3n) is 6.00. The predicted molar refractivity (Wildman–Crippen MR) is 140 cm³/mol. The number of nitrogens with zero attached hydrogens (tertiary/aromatic N) is 3. The summed E-state index contributed by atoms with van der Waals surface area (Å²) in [4.78, 5) is 40.3. The first-order valence-corrected chi connectivity index (χ1v) is 12.2. The van der Waals surface area contributed by atoms with Crippen LogP contribution in [0.1, 0.15) is 56.0 Å². The van der Waals surface area contributed by atoms with Gasteiger partial charge in [0.15, 0.2) is 0 Å². The van der Waals surface area contributed by atoms with E-state index in [9.17, 15) is 19.7 Å². The summed E-state index contributed by atoms with van der Waals surface area (Å²) in [6.07, 6.45) is 2.39. The molecule has 0 aromatic heterocycles. The molecule has 1 saturated heterocycles. The number of carbonyl (C=O) groups is 2. The lowest BCUT2D eigenvalue weighted by Gasteiger charge is -2.30. The minimum atomic E-state index is -0.503. The molecule has 2 aromatic carbocycles. The maximum atomic E-state index is 13.3. The smallest absolute Gasteiger partial charge is 0.269 e. The van der Waals surface area contributed by atoms with Gasteiger partial charge in [0, 0.05) is 69.3 Å².